The van der Waals surface area contributed by atoms with Crippen molar-refractivity contribution >= 4 is 56.3 Å². The minimum Gasteiger partial charge on any atom is -0.0620 e. The van der Waals surface area contributed by atoms with Crippen molar-refractivity contribution in [3.05, 3.63) is 77.9 Å². The molecule has 2 aromatic rings. The molecule has 0 nitrogen and oxygen atoms in total. The Labute approximate surface area is 159 Å². The highest BCUT2D eigenvalue weighted by molar-refractivity contribution is 14.1. The highest BCUT2D eigenvalue weighted by atomic mass is 127. The molecule has 0 bridgehead atoms. The van der Waals surface area contributed by atoms with Crippen LogP contribution in [0.25, 0.3) is 11.1 Å². The summed E-state index contributed by atoms with van der Waals surface area (Å²) in [6, 6.07) is 17.9. The van der Waals surface area contributed by atoms with Crippen LogP contribution in [0.3, 0.4) is 0 Å². The molecular weight excluding hydrogens is 494 g/mol. The van der Waals surface area contributed by atoms with Crippen LogP contribution in [0.2, 0.25) is 0 Å². The third kappa shape index (κ3) is 2.48. The third-order valence-corrected chi connectivity index (χ3v) is 6.75. The van der Waals surface area contributed by atoms with Gasteiger partial charge in [-0.2, -0.15) is 0 Å². The lowest BCUT2D eigenvalue weighted by Gasteiger charge is -2.28. The topological polar surface area (TPSA) is 0 Å². The number of allylic oxidation sites excluding steroid dienone is 4. The average Bonchev–Trinajstić information content (AvgIpc) is 2.56. The number of rotatable bonds is 1. The van der Waals surface area contributed by atoms with Gasteiger partial charge in [-0.1, -0.05) is 48.5 Å². The Hall–Kier alpha value is -0.620. The van der Waals surface area contributed by atoms with Crippen LogP contribution >= 0.6 is 45.2 Å². The maximum atomic E-state index is 2.57. The van der Waals surface area contributed by atoms with Crippen molar-refractivity contribution in [1.82, 2.24) is 0 Å². The SMILES string of the molecule is IC1=C(C2=C(I)CCc3ccccc32)c2ccccc2CC1. The van der Waals surface area contributed by atoms with Crippen molar-refractivity contribution in [3.63, 3.8) is 0 Å². The van der Waals surface area contributed by atoms with E-state index in [0.717, 1.165) is 0 Å². The lowest BCUT2D eigenvalue weighted by Crippen LogP contribution is -2.09. The van der Waals surface area contributed by atoms with Gasteiger partial charge >= 0.3 is 0 Å². The van der Waals surface area contributed by atoms with Crippen LogP contribution in [0.4, 0.5) is 0 Å². The first kappa shape index (κ1) is 14.9. The lowest BCUT2D eigenvalue weighted by molar-refractivity contribution is 0.961. The highest BCUT2D eigenvalue weighted by Crippen LogP contribution is 2.48. The second-order valence-corrected chi connectivity index (χ2v) is 8.48. The first-order valence-electron chi connectivity index (χ1n) is 7.70. The van der Waals surface area contributed by atoms with Gasteiger partial charge in [0.05, 0.1) is 0 Å². The molecule has 110 valence electrons. The van der Waals surface area contributed by atoms with E-state index in [2.05, 4.69) is 93.7 Å². The van der Waals surface area contributed by atoms with E-state index in [4.69, 9.17) is 0 Å². The van der Waals surface area contributed by atoms with Crippen molar-refractivity contribution in [2.45, 2.75) is 25.7 Å². The molecule has 0 amide bonds. The van der Waals surface area contributed by atoms with Gasteiger partial charge in [-0.15, -0.1) is 0 Å². The van der Waals surface area contributed by atoms with Crippen LogP contribution < -0.4 is 0 Å². The molecule has 4 rings (SSSR count). The van der Waals surface area contributed by atoms with E-state index in [-0.39, 0.29) is 0 Å². The average molecular weight is 510 g/mol. The molecule has 0 unspecified atom stereocenters. The van der Waals surface area contributed by atoms with Gasteiger partial charge < -0.3 is 0 Å². The van der Waals surface area contributed by atoms with Gasteiger partial charge in [-0.25, -0.2) is 0 Å². The zero-order chi connectivity index (χ0) is 15.1. The largest absolute Gasteiger partial charge is 0.0620 e. The summed E-state index contributed by atoms with van der Waals surface area (Å²) in [6.45, 7) is 0. The fourth-order valence-corrected chi connectivity index (χ4v) is 5.20. The number of benzene rings is 2. The fraction of sp³-hybridized carbons (Fsp3) is 0.200. The second-order valence-electron chi connectivity index (χ2n) is 5.87. The standard InChI is InChI=1S/C20H16I2/c21-17-11-9-13-5-1-3-7-15(13)19(17)20-16-8-4-2-6-14(16)10-12-18(20)22/h1-8H,9-12H2. The zero-order valence-electron chi connectivity index (χ0n) is 12.2. The molecule has 2 aliphatic rings. The van der Waals surface area contributed by atoms with E-state index in [1.165, 1.54) is 66.2 Å². The van der Waals surface area contributed by atoms with Crippen molar-refractivity contribution < 1.29 is 0 Å². The molecule has 0 aromatic heterocycles. The Kier molecular flexibility index (Phi) is 4.15. The minimum absolute atomic E-state index is 1.17. The van der Waals surface area contributed by atoms with Crippen LogP contribution in [0.1, 0.15) is 35.1 Å². The monoisotopic (exact) mass is 510 g/mol. The van der Waals surface area contributed by atoms with Crippen molar-refractivity contribution in [2.24, 2.45) is 0 Å². The van der Waals surface area contributed by atoms with E-state index >= 15 is 0 Å². The van der Waals surface area contributed by atoms with Crippen molar-refractivity contribution in [3.8, 4) is 0 Å². The smallest absolute Gasteiger partial charge is 0.000219 e. The molecule has 0 fully saturated rings. The van der Waals surface area contributed by atoms with Gasteiger partial charge in [-0.05, 0) is 111 Å². The zero-order valence-corrected chi connectivity index (χ0v) is 16.5. The molecule has 0 atom stereocenters. The van der Waals surface area contributed by atoms with Crippen molar-refractivity contribution in [1.29, 1.82) is 0 Å². The molecule has 2 aliphatic carbocycles. The van der Waals surface area contributed by atoms with Crippen molar-refractivity contribution in [2.75, 3.05) is 0 Å². The van der Waals surface area contributed by atoms with E-state index in [1.54, 1.807) is 0 Å². The van der Waals surface area contributed by atoms with E-state index in [9.17, 15) is 0 Å². The maximum Gasteiger partial charge on any atom is -0.000219 e. The summed E-state index contributed by atoms with van der Waals surface area (Å²) >= 11 is 5.14. The summed E-state index contributed by atoms with van der Waals surface area (Å²) in [5.74, 6) is 0. The summed E-state index contributed by atoms with van der Waals surface area (Å²) in [4.78, 5) is 0. The van der Waals surface area contributed by atoms with Gasteiger partial charge in [0.1, 0.15) is 0 Å². The van der Waals surface area contributed by atoms with Crippen LogP contribution in [0.5, 0.6) is 0 Å². The molecule has 0 saturated carbocycles. The Balaban J connectivity index is 1.98. The molecule has 22 heavy (non-hydrogen) atoms. The summed E-state index contributed by atoms with van der Waals surface area (Å²) in [5.41, 5.74) is 8.85. The highest BCUT2D eigenvalue weighted by Gasteiger charge is 2.26. The Morgan fingerprint density at radius 1 is 0.545 bits per heavy atom. The lowest BCUT2D eigenvalue weighted by atomic mass is 9.80. The number of fused-ring (bicyclic) bond motifs is 2. The molecule has 0 saturated heterocycles. The Bertz CT molecular complexity index is 742. The summed E-state index contributed by atoms with van der Waals surface area (Å²) < 4.78 is 3.02. The normalized spacial score (nSPS) is 17.4. The molecule has 2 aromatic carbocycles. The molecule has 0 spiro atoms. The van der Waals surface area contributed by atoms with Crippen LogP contribution in [-0.2, 0) is 12.8 Å². The van der Waals surface area contributed by atoms with Gasteiger partial charge in [0.25, 0.3) is 0 Å². The fourth-order valence-electron chi connectivity index (χ4n) is 3.54. The van der Waals surface area contributed by atoms with Crippen LogP contribution in [0, 0.1) is 0 Å². The van der Waals surface area contributed by atoms with E-state index < -0.39 is 0 Å². The maximum absolute atomic E-state index is 2.57. The number of hydrogen-bond donors (Lipinski definition) is 0. The molecule has 2 heteroatoms. The van der Waals surface area contributed by atoms with Gasteiger partial charge in [0.15, 0.2) is 0 Å². The number of halogens is 2. The molecule has 0 N–H and O–H groups in total. The quantitative estimate of drug-likeness (QED) is 0.381. The third-order valence-electron chi connectivity index (χ3n) is 4.59. The predicted octanol–water partition coefficient (Wildman–Crippen LogP) is 6.57. The van der Waals surface area contributed by atoms with Gasteiger partial charge in [0, 0.05) is 0 Å². The predicted molar refractivity (Wildman–Crippen MR) is 111 cm³/mol. The Morgan fingerprint density at radius 2 is 0.955 bits per heavy atom. The van der Waals surface area contributed by atoms with Crippen LogP contribution in [0.15, 0.2) is 55.7 Å². The van der Waals surface area contributed by atoms with Gasteiger partial charge in [0.2, 0.25) is 0 Å². The molecule has 0 radical (unpaired) electrons. The number of hydrogen-bond acceptors (Lipinski definition) is 0. The minimum atomic E-state index is 1.17. The summed E-state index contributed by atoms with van der Waals surface area (Å²) in [5, 5.41) is 0. The van der Waals surface area contributed by atoms with E-state index in [1.807, 2.05) is 0 Å². The Morgan fingerprint density at radius 3 is 1.41 bits per heavy atom. The van der Waals surface area contributed by atoms with E-state index in [0.29, 0.717) is 0 Å². The first-order chi connectivity index (χ1) is 10.8. The second kappa shape index (κ2) is 6.11. The van der Waals surface area contributed by atoms with Gasteiger partial charge in [-0.3, -0.25) is 0 Å². The molecule has 0 aliphatic heterocycles. The summed E-state index contributed by atoms with van der Waals surface area (Å²) in [7, 11) is 0. The summed E-state index contributed by atoms with van der Waals surface area (Å²) in [6.07, 6.45) is 4.68. The molecule has 0 heterocycles. The molecular formula is C20H16I2. The first-order valence-corrected chi connectivity index (χ1v) is 9.85. The van der Waals surface area contributed by atoms with Crippen LogP contribution in [-0.4, -0.2) is 0 Å². The number of aryl methyl sites for hydroxylation is 2.